The second-order valence-electron chi connectivity index (χ2n) is 3.51. The van der Waals surface area contributed by atoms with Crippen molar-refractivity contribution in [1.82, 2.24) is 4.98 Å². The van der Waals surface area contributed by atoms with Crippen molar-refractivity contribution in [2.75, 3.05) is 5.75 Å². The standard InChI is InChI=1S/C10H10F3NOSSi/c11-17(12,13)7-3-6-16-10-14-8-4-1-2-5-9(8)15-10/h1-2,4-5H,3,6-7H2. The minimum atomic E-state index is -5.39. The Balaban J connectivity index is 1.87. The Hall–Kier alpha value is -0.953. The summed E-state index contributed by atoms with van der Waals surface area (Å²) >= 11 is 1.23. The van der Waals surface area contributed by atoms with E-state index in [1.165, 1.54) is 11.8 Å². The number of rotatable bonds is 5. The first-order valence-corrected chi connectivity index (χ1v) is 7.92. The second kappa shape index (κ2) is 5.13. The highest BCUT2D eigenvalue weighted by molar-refractivity contribution is 7.99. The van der Waals surface area contributed by atoms with Gasteiger partial charge in [0.15, 0.2) is 5.58 Å². The first-order chi connectivity index (χ1) is 8.04. The fraction of sp³-hybridized carbons (Fsp3) is 0.300. The van der Waals surface area contributed by atoms with Crippen molar-refractivity contribution in [3.05, 3.63) is 24.3 Å². The number of oxazole rings is 1. The average Bonchev–Trinajstić information content (AvgIpc) is 2.65. The fourth-order valence-electron chi connectivity index (χ4n) is 1.34. The molecule has 0 fully saturated rings. The average molecular weight is 277 g/mol. The second-order valence-corrected chi connectivity index (χ2v) is 6.29. The van der Waals surface area contributed by atoms with Crippen LogP contribution in [0.2, 0.25) is 6.04 Å². The predicted molar refractivity (Wildman–Crippen MR) is 63.2 cm³/mol. The fourth-order valence-corrected chi connectivity index (χ4v) is 2.95. The van der Waals surface area contributed by atoms with Gasteiger partial charge in [-0.2, -0.15) is 0 Å². The minimum Gasteiger partial charge on any atom is -0.431 e. The van der Waals surface area contributed by atoms with Gasteiger partial charge in [0, 0.05) is 11.8 Å². The largest absolute Gasteiger partial charge is 0.616 e. The normalized spacial score (nSPS) is 12.2. The topological polar surface area (TPSA) is 26.0 Å². The lowest BCUT2D eigenvalue weighted by Crippen LogP contribution is -2.13. The van der Waals surface area contributed by atoms with Crippen LogP contribution >= 0.6 is 11.8 Å². The molecule has 0 saturated carbocycles. The van der Waals surface area contributed by atoms with E-state index >= 15 is 0 Å². The van der Waals surface area contributed by atoms with Crippen molar-refractivity contribution >= 4 is 31.9 Å². The third-order valence-electron chi connectivity index (χ3n) is 2.10. The molecule has 2 rings (SSSR count). The maximum absolute atomic E-state index is 12.0. The summed E-state index contributed by atoms with van der Waals surface area (Å²) in [6.45, 7) is 0. The van der Waals surface area contributed by atoms with Gasteiger partial charge in [0.1, 0.15) is 5.52 Å². The van der Waals surface area contributed by atoms with Crippen LogP contribution in [0.5, 0.6) is 0 Å². The zero-order valence-electron chi connectivity index (χ0n) is 8.83. The maximum Gasteiger partial charge on any atom is 0.616 e. The molecule has 0 unspecified atom stereocenters. The molecular weight excluding hydrogens is 267 g/mol. The van der Waals surface area contributed by atoms with E-state index < -0.39 is 15.1 Å². The van der Waals surface area contributed by atoms with E-state index in [-0.39, 0.29) is 6.42 Å². The van der Waals surface area contributed by atoms with E-state index in [4.69, 9.17) is 4.42 Å². The molecule has 0 aliphatic carbocycles. The van der Waals surface area contributed by atoms with E-state index in [0.29, 0.717) is 16.6 Å². The van der Waals surface area contributed by atoms with E-state index in [9.17, 15) is 12.3 Å². The predicted octanol–water partition coefficient (Wildman–Crippen LogP) is 4.16. The third kappa shape index (κ3) is 3.78. The number of halogens is 3. The summed E-state index contributed by atoms with van der Waals surface area (Å²) in [5, 5.41) is 0.440. The Kier molecular flexibility index (Phi) is 3.78. The Morgan fingerprint density at radius 2 is 2.00 bits per heavy atom. The number of nitrogens with zero attached hydrogens (tertiary/aromatic N) is 1. The molecule has 92 valence electrons. The van der Waals surface area contributed by atoms with E-state index in [2.05, 4.69) is 4.98 Å². The third-order valence-corrected chi connectivity index (χ3v) is 3.94. The van der Waals surface area contributed by atoms with Gasteiger partial charge in [-0.1, -0.05) is 23.9 Å². The van der Waals surface area contributed by atoms with Gasteiger partial charge in [0.25, 0.3) is 5.22 Å². The summed E-state index contributed by atoms with van der Waals surface area (Å²) in [5.41, 5.74) is 1.40. The van der Waals surface area contributed by atoms with Crippen molar-refractivity contribution in [2.24, 2.45) is 0 Å². The summed E-state index contributed by atoms with van der Waals surface area (Å²) in [4.78, 5) is 4.17. The molecule has 0 bridgehead atoms. The van der Waals surface area contributed by atoms with Crippen LogP contribution in [-0.4, -0.2) is 19.8 Å². The molecule has 0 spiro atoms. The van der Waals surface area contributed by atoms with Crippen LogP contribution in [0.15, 0.2) is 33.9 Å². The smallest absolute Gasteiger partial charge is 0.431 e. The van der Waals surface area contributed by atoms with Crippen LogP contribution in [0.1, 0.15) is 6.42 Å². The van der Waals surface area contributed by atoms with Crippen LogP contribution in [0.3, 0.4) is 0 Å². The molecule has 0 N–H and O–H groups in total. The Bertz CT molecular complexity index is 467. The van der Waals surface area contributed by atoms with Gasteiger partial charge in [0.05, 0.1) is 0 Å². The molecule has 0 aliphatic heterocycles. The van der Waals surface area contributed by atoms with Crippen LogP contribution in [0.25, 0.3) is 11.1 Å². The quantitative estimate of drug-likeness (QED) is 0.355. The van der Waals surface area contributed by atoms with E-state index in [0.717, 1.165) is 5.52 Å². The first-order valence-electron chi connectivity index (χ1n) is 5.10. The monoisotopic (exact) mass is 277 g/mol. The zero-order valence-corrected chi connectivity index (χ0v) is 10.6. The number of fused-ring (bicyclic) bond motifs is 1. The number of benzene rings is 1. The van der Waals surface area contributed by atoms with Crippen LogP contribution < -0.4 is 0 Å². The van der Waals surface area contributed by atoms with Crippen molar-refractivity contribution in [3.8, 4) is 0 Å². The molecule has 7 heteroatoms. The number of aromatic nitrogens is 1. The van der Waals surface area contributed by atoms with Gasteiger partial charge in [0.2, 0.25) is 0 Å². The molecule has 2 aromatic rings. The lowest BCUT2D eigenvalue weighted by Gasteiger charge is -2.00. The number of hydrogen-bond donors (Lipinski definition) is 0. The van der Waals surface area contributed by atoms with E-state index in [1.807, 2.05) is 18.2 Å². The molecule has 1 heterocycles. The molecule has 0 atom stereocenters. The maximum atomic E-state index is 12.0. The molecule has 1 aromatic heterocycles. The van der Waals surface area contributed by atoms with Crippen LogP contribution in [0.4, 0.5) is 12.3 Å². The number of thioether (sulfide) groups is 1. The highest BCUT2D eigenvalue weighted by Crippen LogP contribution is 2.25. The molecular formula is C10H10F3NOSSi. The molecule has 0 saturated heterocycles. The summed E-state index contributed by atoms with van der Waals surface area (Å²) < 4.78 is 41.5. The summed E-state index contributed by atoms with van der Waals surface area (Å²) in [6, 6.07) is 6.65. The van der Waals surface area contributed by atoms with E-state index in [1.54, 1.807) is 6.07 Å². The molecule has 0 aliphatic rings. The van der Waals surface area contributed by atoms with Gasteiger partial charge in [-0.05, 0) is 18.6 Å². The SMILES string of the molecule is F[Si](F)(F)CCCSc1nc2ccccc2o1. The molecule has 1 aromatic carbocycles. The van der Waals surface area contributed by atoms with Crippen LogP contribution in [0, 0.1) is 0 Å². The zero-order chi connectivity index (χ0) is 12.3. The Morgan fingerprint density at radius 1 is 1.24 bits per heavy atom. The molecule has 0 radical (unpaired) electrons. The van der Waals surface area contributed by atoms with Crippen LogP contribution in [-0.2, 0) is 0 Å². The van der Waals surface area contributed by atoms with Crippen molar-refractivity contribution < 1.29 is 16.7 Å². The molecule has 2 nitrogen and oxygen atoms in total. The summed E-state index contributed by atoms with van der Waals surface area (Å²) in [7, 11) is -5.39. The van der Waals surface area contributed by atoms with Gasteiger partial charge in [-0.25, -0.2) is 17.3 Å². The van der Waals surface area contributed by atoms with Gasteiger partial charge >= 0.3 is 9.08 Å². The molecule has 0 amide bonds. The first kappa shape index (κ1) is 12.5. The highest BCUT2D eigenvalue weighted by Gasteiger charge is 2.35. The number of hydrogen-bond acceptors (Lipinski definition) is 3. The minimum absolute atomic E-state index is 0.138. The van der Waals surface area contributed by atoms with Crippen molar-refractivity contribution in [1.29, 1.82) is 0 Å². The van der Waals surface area contributed by atoms with Crippen molar-refractivity contribution in [2.45, 2.75) is 17.7 Å². The van der Waals surface area contributed by atoms with Gasteiger partial charge in [-0.3, -0.25) is 0 Å². The van der Waals surface area contributed by atoms with Gasteiger partial charge < -0.3 is 4.42 Å². The lowest BCUT2D eigenvalue weighted by atomic mass is 10.3. The lowest BCUT2D eigenvalue weighted by molar-refractivity contribution is 0.466. The highest BCUT2D eigenvalue weighted by atomic mass is 32.2. The van der Waals surface area contributed by atoms with Crippen molar-refractivity contribution in [3.63, 3.8) is 0 Å². The Morgan fingerprint density at radius 3 is 2.71 bits per heavy atom. The molecule has 17 heavy (non-hydrogen) atoms. The van der Waals surface area contributed by atoms with Gasteiger partial charge in [-0.15, -0.1) is 0 Å². The summed E-state index contributed by atoms with van der Waals surface area (Å²) in [6.07, 6.45) is 0.138. The Labute approximate surface area is 102 Å². The summed E-state index contributed by atoms with van der Waals surface area (Å²) in [5.74, 6) is 0.388. The number of para-hydroxylation sites is 2.